The van der Waals surface area contributed by atoms with Gasteiger partial charge < -0.3 is 5.11 Å². The summed E-state index contributed by atoms with van der Waals surface area (Å²) < 4.78 is 1.80. The summed E-state index contributed by atoms with van der Waals surface area (Å²) in [5, 5.41) is 13.8. The van der Waals surface area contributed by atoms with Gasteiger partial charge in [0.1, 0.15) is 11.3 Å². The topological polar surface area (TPSA) is 38.0 Å². The molecule has 1 N–H and O–H groups in total. The Morgan fingerprint density at radius 2 is 2.29 bits per heavy atom. The molecule has 3 heteroatoms. The molecule has 1 heterocycles. The van der Waals surface area contributed by atoms with E-state index in [2.05, 4.69) is 16.9 Å². The van der Waals surface area contributed by atoms with Crippen molar-refractivity contribution >= 4 is 0 Å². The van der Waals surface area contributed by atoms with Gasteiger partial charge in [-0.25, -0.2) is 0 Å². The van der Waals surface area contributed by atoms with Crippen LogP contribution < -0.4 is 0 Å². The number of hydrogen-bond acceptors (Lipinski definition) is 2. The molecule has 0 aromatic carbocycles. The Labute approximate surface area is 84.8 Å². The lowest BCUT2D eigenvalue weighted by Gasteiger charge is -2.11. The van der Waals surface area contributed by atoms with Crippen LogP contribution in [-0.4, -0.2) is 20.5 Å². The largest absolute Gasteiger partial charge is 0.378 e. The summed E-state index contributed by atoms with van der Waals surface area (Å²) in [6, 6.07) is 1.85. The highest BCUT2D eigenvalue weighted by molar-refractivity contribution is 5.29. The second-order valence-corrected chi connectivity index (χ2v) is 3.41. The third-order valence-electron chi connectivity index (χ3n) is 2.16. The number of aromatic nitrogens is 2. The lowest BCUT2D eigenvalue weighted by atomic mass is 10.1. The van der Waals surface area contributed by atoms with Gasteiger partial charge in [-0.05, 0) is 32.3 Å². The first-order valence-corrected chi connectivity index (χ1v) is 4.86. The van der Waals surface area contributed by atoms with Gasteiger partial charge in [-0.1, -0.05) is 12.8 Å². The first-order chi connectivity index (χ1) is 6.59. The molecule has 1 atom stereocenters. The average Bonchev–Trinajstić information content (AvgIpc) is 2.62. The minimum atomic E-state index is -0.900. The number of aryl methyl sites for hydroxylation is 1. The predicted molar refractivity (Wildman–Crippen MR) is 55.7 cm³/mol. The van der Waals surface area contributed by atoms with E-state index < -0.39 is 5.60 Å². The van der Waals surface area contributed by atoms with Gasteiger partial charge in [0.15, 0.2) is 0 Å². The van der Waals surface area contributed by atoms with Crippen LogP contribution in [0.1, 0.15) is 32.9 Å². The van der Waals surface area contributed by atoms with E-state index in [1.54, 1.807) is 17.8 Å². The molecule has 1 unspecified atom stereocenters. The molecule has 1 aromatic heterocycles. The molecule has 0 saturated heterocycles. The van der Waals surface area contributed by atoms with Crippen molar-refractivity contribution in [3.8, 4) is 11.8 Å². The number of aliphatic hydroxyl groups is 1. The summed E-state index contributed by atoms with van der Waals surface area (Å²) in [4.78, 5) is 0. The van der Waals surface area contributed by atoms with Crippen LogP contribution >= 0.6 is 0 Å². The van der Waals surface area contributed by atoms with E-state index in [1.165, 1.54) is 0 Å². The molecule has 1 rings (SSSR count). The predicted octanol–water partition coefficient (Wildman–Crippen LogP) is 1.42. The van der Waals surface area contributed by atoms with E-state index in [4.69, 9.17) is 0 Å². The molecule has 0 aliphatic carbocycles. The quantitative estimate of drug-likeness (QED) is 0.719. The van der Waals surface area contributed by atoms with E-state index in [0.717, 1.165) is 12.2 Å². The molecule has 76 valence electrons. The van der Waals surface area contributed by atoms with Crippen LogP contribution in [0.4, 0.5) is 0 Å². The highest BCUT2D eigenvalue weighted by atomic mass is 16.3. The minimum Gasteiger partial charge on any atom is -0.378 e. The van der Waals surface area contributed by atoms with Gasteiger partial charge in [0.25, 0.3) is 0 Å². The van der Waals surface area contributed by atoms with Crippen LogP contribution in [-0.2, 0) is 6.54 Å². The van der Waals surface area contributed by atoms with Crippen LogP contribution in [0.15, 0.2) is 12.3 Å². The summed E-state index contributed by atoms with van der Waals surface area (Å²) >= 11 is 0. The van der Waals surface area contributed by atoms with E-state index in [1.807, 2.05) is 19.9 Å². The zero-order chi connectivity index (χ0) is 10.6. The van der Waals surface area contributed by atoms with Crippen LogP contribution in [0.3, 0.4) is 0 Å². The monoisotopic (exact) mass is 192 g/mol. The second kappa shape index (κ2) is 4.30. The highest BCUT2D eigenvalue weighted by Gasteiger charge is 2.12. The molecule has 1 aromatic rings. The van der Waals surface area contributed by atoms with Gasteiger partial charge >= 0.3 is 0 Å². The summed E-state index contributed by atoms with van der Waals surface area (Å²) in [6.45, 7) is 6.43. The third kappa shape index (κ3) is 2.61. The van der Waals surface area contributed by atoms with Crippen LogP contribution in [0.2, 0.25) is 0 Å². The summed E-state index contributed by atoms with van der Waals surface area (Å²) in [5.74, 6) is 5.77. The Kier molecular flexibility index (Phi) is 3.32. The van der Waals surface area contributed by atoms with Crippen molar-refractivity contribution in [3.05, 3.63) is 18.0 Å². The van der Waals surface area contributed by atoms with E-state index in [9.17, 15) is 5.11 Å². The molecule has 0 fully saturated rings. The Morgan fingerprint density at radius 3 is 2.86 bits per heavy atom. The maximum Gasteiger partial charge on any atom is 0.122 e. The lowest BCUT2D eigenvalue weighted by Crippen LogP contribution is -2.19. The van der Waals surface area contributed by atoms with Crippen molar-refractivity contribution in [1.29, 1.82) is 0 Å². The Hall–Kier alpha value is -1.27. The van der Waals surface area contributed by atoms with Crippen molar-refractivity contribution in [2.75, 3.05) is 0 Å². The zero-order valence-electron chi connectivity index (χ0n) is 8.91. The van der Waals surface area contributed by atoms with Gasteiger partial charge in [-0.15, -0.1) is 0 Å². The smallest absolute Gasteiger partial charge is 0.122 e. The normalized spacial score (nSPS) is 14.3. The van der Waals surface area contributed by atoms with Crippen molar-refractivity contribution in [3.63, 3.8) is 0 Å². The highest BCUT2D eigenvalue weighted by Crippen LogP contribution is 2.06. The molecule has 0 saturated carbocycles. The molecular formula is C11H16N2O. The summed E-state index contributed by atoms with van der Waals surface area (Å²) in [6.07, 6.45) is 2.34. The summed E-state index contributed by atoms with van der Waals surface area (Å²) in [7, 11) is 0. The fourth-order valence-electron chi connectivity index (χ4n) is 0.978. The molecule has 0 aliphatic rings. The van der Waals surface area contributed by atoms with Gasteiger partial charge in [0, 0.05) is 6.54 Å². The number of rotatable bonds is 2. The van der Waals surface area contributed by atoms with Gasteiger partial charge in [-0.2, -0.15) is 5.10 Å². The molecule has 0 amide bonds. The molecule has 0 aliphatic heterocycles. The van der Waals surface area contributed by atoms with Crippen LogP contribution in [0, 0.1) is 11.8 Å². The fourth-order valence-corrected chi connectivity index (χ4v) is 0.978. The van der Waals surface area contributed by atoms with Crippen molar-refractivity contribution < 1.29 is 5.11 Å². The standard InChI is InChI=1S/C11H16N2O/c1-4-11(3,14)8-6-10-7-9-12-13(10)5-2/h7,9,14H,4-5H2,1-3H3. The second-order valence-electron chi connectivity index (χ2n) is 3.41. The van der Waals surface area contributed by atoms with Crippen molar-refractivity contribution in [2.45, 2.75) is 39.3 Å². The first kappa shape index (κ1) is 10.8. The molecule has 3 nitrogen and oxygen atoms in total. The van der Waals surface area contributed by atoms with Crippen LogP contribution in [0.25, 0.3) is 0 Å². The van der Waals surface area contributed by atoms with Gasteiger partial charge in [-0.3, -0.25) is 4.68 Å². The van der Waals surface area contributed by atoms with Gasteiger partial charge in [0.05, 0.1) is 6.20 Å². The molecule has 0 radical (unpaired) electrons. The van der Waals surface area contributed by atoms with E-state index in [0.29, 0.717) is 6.42 Å². The average molecular weight is 192 g/mol. The molecule has 14 heavy (non-hydrogen) atoms. The maximum atomic E-state index is 9.68. The Balaban J connectivity index is 2.87. The minimum absolute atomic E-state index is 0.625. The Bertz CT molecular complexity index is 355. The Morgan fingerprint density at radius 1 is 1.57 bits per heavy atom. The number of hydrogen-bond donors (Lipinski definition) is 1. The van der Waals surface area contributed by atoms with Crippen molar-refractivity contribution in [2.24, 2.45) is 0 Å². The van der Waals surface area contributed by atoms with Crippen molar-refractivity contribution in [1.82, 2.24) is 9.78 Å². The van der Waals surface area contributed by atoms with Gasteiger partial charge in [0.2, 0.25) is 0 Å². The van der Waals surface area contributed by atoms with Crippen LogP contribution in [0.5, 0.6) is 0 Å². The lowest BCUT2D eigenvalue weighted by molar-refractivity contribution is 0.118. The zero-order valence-corrected chi connectivity index (χ0v) is 8.91. The summed E-state index contributed by atoms with van der Waals surface area (Å²) in [5.41, 5.74) is -0.0516. The fraction of sp³-hybridized carbons (Fsp3) is 0.545. The first-order valence-electron chi connectivity index (χ1n) is 4.86. The van der Waals surface area contributed by atoms with E-state index >= 15 is 0 Å². The third-order valence-corrected chi connectivity index (χ3v) is 2.16. The SMILES string of the molecule is CCn1nccc1C#CC(C)(O)CC. The molecular weight excluding hydrogens is 176 g/mol. The maximum absolute atomic E-state index is 9.68. The van der Waals surface area contributed by atoms with E-state index in [-0.39, 0.29) is 0 Å². The molecule has 0 spiro atoms. The molecule has 0 bridgehead atoms. The number of nitrogens with zero attached hydrogens (tertiary/aromatic N) is 2.